The molecule has 9 heteroatoms. The van der Waals surface area contributed by atoms with Crippen LogP contribution in [0.5, 0.6) is 0 Å². The fourth-order valence-corrected chi connectivity index (χ4v) is 3.43. The first kappa shape index (κ1) is 20.9. The number of carbonyl (C=O) groups is 2. The molecule has 1 amide bonds. The summed E-state index contributed by atoms with van der Waals surface area (Å²) >= 11 is 1.12. The Balaban J connectivity index is 2.58. The lowest BCUT2D eigenvalue weighted by atomic mass is 10.1. The highest BCUT2D eigenvalue weighted by atomic mass is 32.2. The smallest absolute Gasteiger partial charge is 0.337 e. The number of aliphatic hydroxyl groups is 1. The number of hydrogen-bond acceptors (Lipinski definition) is 7. The second kappa shape index (κ2) is 9.01. The molecule has 2 N–H and O–H groups in total. The van der Waals surface area contributed by atoms with Gasteiger partial charge in [0.05, 0.1) is 41.5 Å². The zero-order valence-electron chi connectivity index (χ0n) is 15.7. The van der Waals surface area contributed by atoms with E-state index in [9.17, 15) is 19.5 Å². The molecule has 0 radical (unpaired) electrons. The number of esters is 1. The highest BCUT2D eigenvalue weighted by molar-refractivity contribution is 8.00. The maximum atomic E-state index is 12.9. The summed E-state index contributed by atoms with van der Waals surface area (Å²) in [5, 5.41) is 12.6. The summed E-state index contributed by atoms with van der Waals surface area (Å²) in [6, 6.07) is 4.49. The Morgan fingerprint density at radius 3 is 2.67 bits per heavy atom. The number of ether oxygens (including phenoxy) is 1. The fraction of sp³-hybridized carbons (Fsp3) is 0.444. The Labute approximate surface area is 160 Å². The van der Waals surface area contributed by atoms with Crippen LogP contribution in [0.1, 0.15) is 31.1 Å². The molecule has 8 nitrogen and oxygen atoms in total. The van der Waals surface area contributed by atoms with Crippen LogP contribution in [-0.2, 0) is 16.1 Å². The molecule has 27 heavy (non-hydrogen) atoms. The highest BCUT2D eigenvalue weighted by Gasteiger charge is 2.20. The van der Waals surface area contributed by atoms with Gasteiger partial charge >= 0.3 is 5.97 Å². The van der Waals surface area contributed by atoms with Gasteiger partial charge in [-0.1, -0.05) is 11.8 Å². The van der Waals surface area contributed by atoms with Gasteiger partial charge < -0.3 is 15.2 Å². The number of fused-ring (bicyclic) bond motifs is 1. The van der Waals surface area contributed by atoms with Crippen LogP contribution in [0.4, 0.5) is 0 Å². The Kier molecular flexibility index (Phi) is 6.98. The van der Waals surface area contributed by atoms with Crippen LogP contribution in [0, 0.1) is 0 Å². The van der Waals surface area contributed by atoms with Gasteiger partial charge in [0.2, 0.25) is 5.91 Å². The molecule has 1 aromatic carbocycles. The number of carbonyl (C=O) groups excluding carboxylic acids is 2. The lowest BCUT2D eigenvalue weighted by molar-refractivity contribution is -0.120. The predicted octanol–water partition coefficient (Wildman–Crippen LogP) is 1.18. The first-order valence-corrected chi connectivity index (χ1v) is 9.41. The molecular formula is C18H23N3O5S. The molecule has 0 saturated carbocycles. The van der Waals surface area contributed by atoms with Crippen LogP contribution >= 0.6 is 11.8 Å². The molecular weight excluding hydrogens is 370 g/mol. The number of hydrogen-bond donors (Lipinski definition) is 2. The van der Waals surface area contributed by atoms with Crippen LogP contribution in [0.25, 0.3) is 10.9 Å². The molecule has 2 aromatic rings. The third-order valence-electron chi connectivity index (χ3n) is 3.79. The molecule has 0 saturated heterocycles. The Morgan fingerprint density at radius 2 is 2.07 bits per heavy atom. The van der Waals surface area contributed by atoms with Crippen LogP contribution in [-0.4, -0.2) is 51.5 Å². The monoisotopic (exact) mass is 393 g/mol. The SMILES string of the molecule is CCNC(=O)[C@H](C)Sc1nc2cc(C(=O)OC)ccc2c(=O)n1C[C@H](C)O. The van der Waals surface area contributed by atoms with E-state index >= 15 is 0 Å². The molecule has 0 aliphatic rings. The minimum atomic E-state index is -0.768. The first-order valence-electron chi connectivity index (χ1n) is 8.53. The van der Waals surface area contributed by atoms with Crippen molar-refractivity contribution < 1.29 is 19.4 Å². The minimum absolute atomic E-state index is 0.0466. The molecule has 0 unspecified atom stereocenters. The molecule has 0 fully saturated rings. The summed E-state index contributed by atoms with van der Waals surface area (Å²) in [5.74, 6) is -0.708. The van der Waals surface area contributed by atoms with Gasteiger partial charge in [-0.15, -0.1) is 0 Å². The quantitative estimate of drug-likeness (QED) is 0.413. The van der Waals surface area contributed by atoms with Gasteiger partial charge in [-0.25, -0.2) is 9.78 Å². The number of nitrogens with zero attached hydrogens (tertiary/aromatic N) is 2. The normalized spacial score (nSPS) is 13.2. The van der Waals surface area contributed by atoms with E-state index in [0.29, 0.717) is 22.6 Å². The topological polar surface area (TPSA) is 111 Å². The maximum absolute atomic E-state index is 12.9. The van der Waals surface area contributed by atoms with Crippen molar-refractivity contribution in [2.75, 3.05) is 13.7 Å². The number of amides is 1. The van der Waals surface area contributed by atoms with Crippen molar-refractivity contribution >= 4 is 34.5 Å². The summed E-state index contributed by atoms with van der Waals surface area (Å²) in [7, 11) is 1.27. The van der Waals surface area contributed by atoms with Crippen LogP contribution < -0.4 is 10.9 Å². The van der Waals surface area contributed by atoms with Crippen molar-refractivity contribution in [3.63, 3.8) is 0 Å². The van der Waals surface area contributed by atoms with E-state index in [0.717, 1.165) is 11.8 Å². The van der Waals surface area contributed by atoms with E-state index in [2.05, 4.69) is 10.3 Å². The third kappa shape index (κ3) is 4.86. The molecule has 0 bridgehead atoms. The standard InChI is InChI=1S/C18H23N3O5S/c1-5-19-15(23)11(3)27-18-20-14-8-12(17(25)26-4)6-7-13(14)16(24)21(18)9-10(2)22/h6-8,10-11,22H,5,9H2,1-4H3,(H,19,23)/t10-,11-/m0/s1. The number of aliphatic hydroxyl groups excluding tert-OH is 1. The Hall–Kier alpha value is -2.39. The Morgan fingerprint density at radius 1 is 1.37 bits per heavy atom. The fourth-order valence-electron chi connectivity index (χ4n) is 2.49. The molecule has 146 valence electrons. The molecule has 0 spiro atoms. The van der Waals surface area contributed by atoms with E-state index < -0.39 is 17.3 Å². The third-order valence-corrected chi connectivity index (χ3v) is 4.88. The summed E-state index contributed by atoms with van der Waals surface area (Å²) in [6.07, 6.45) is -0.768. The molecule has 1 heterocycles. The Bertz CT molecular complexity index is 910. The number of benzene rings is 1. The van der Waals surface area contributed by atoms with Gasteiger partial charge in [-0.3, -0.25) is 14.2 Å². The van der Waals surface area contributed by atoms with Crippen molar-refractivity contribution in [1.82, 2.24) is 14.9 Å². The largest absolute Gasteiger partial charge is 0.465 e. The number of rotatable bonds is 7. The number of thioether (sulfide) groups is 1. The van der Waals surface area contributed by atoms with Gasteiger partial charge in [0.25, 0.3) is 5.56 Å². The molecule has 2 rings (SSSR count). The molecule has 0 aliphatic carbocycles. The second-order valence-corrected chi connectivity index (χ2v) is 7.35. The molecule has 1 aromatic heterocycles. The van der Waals surface area contributed by atoms with Gasteiger partial charge in [-0.2, -0.15) is 0 Å². The first-order chi connectivity index (χ1) is 12.8. The van der Waals surface area contributed by atoms with Crippen LogP contribution in [0.15, 0.2) is 28.2 Å². The zero-order chi connectivity index (χ0) is 20.1. The number of aromatic nitrogens is 2. The van der Waals surface area contributed by atoms with Gasteiger partial charge in [0, 0.05) is 6.54 Å². The average Bonchev–Trinajstić information content (AvgIpc) is 2.63. The summed E-state index contributed by atoms with van der Waals surface area (Å²) in [5.41, 5.74) is 0.260. The van der Waals surface area contributed by atoms with Crippen molar-refractivity contribution in [3.05, 3.63) is 34.1 Å². The van der Waals surface area contributed by atoms with Crippen molar-refractivity contribution in [3.8, 4) is 0 Å². The predicted molar refractivity (Wildman–Crippen MR) is 103 cm³/mol. The summed E-state index contributed by atoms with van der Waals surface area (Å²) in [4.78, 5) is 41.2. The van der Waals surface area contributed by atoms with Crippen LogP contribution in [0.3, 0.4) is 0 Å². The number of methoxy groups -OCH3 is 1. The van der Waals surface area contributed by atoms with Gasteiger partial charge in [0.15, 0.2) is 5.16 Å². The van der Waals surface area contributed by atoms with Crippen LogP contribution in [0.2, 0.25) is 0 Å². The maximum Gasteiger partial charge on any atom is 0.337 e. The van der Waals surface area contributed by atoms with E-state index in [1.807, 2.05) is 6.92 Å². The van der Waals surface area contributed by atoms with Crippen molar-refractivity contribution in [2.45, 2.75) is 43.8 Å². The van der Waals surface area contributed by atoms with Gasteiger partial charge in [0.1, 0.15) is 0 Å². The molecule has 0 aliphatic heterocycles. The molecule has 2 atom stereocenters. The van der Waals surface area contributed by atoms with Gasteiger partial charge in [-0.05, 0) is 39.0 Å². The lowest BCUT2D eigenvalue weighted by Crippen LogP contribution is -2.32. The highest BCUT2D eigenvalue weighted by Crippen LogP contribution is 2.23. The van der Waals surface area contributed by atoms with E-state index in [4.69, 9.17) is 4.74 Å². The lowest BCUT2D eigenvalue weighted by Gasteiger charge is -2.17. The van der Waals surface area contributed by atoms with Crippen molar-refractivity contribution in [2.24, 2.45) is 0 Å². The van der Waals surface area contributed by atoms with Crippen molar-refractivity contribution in [1.29, 1.82) is 0 Å². The van der Waals surface area contributed by atoms with E-state index in [-0.39, 0.29) is 23.6 Å². The number of nitrogens with one attached hydrogen (secondary N) is 1. The summed E-state index contributed by atoms with van der Waals surface area (Å²) < 4.78 is 6.06. The second-order valence-electron chi connectivity index (χ2n) is 6.04. The minimum Gasteiger partial charge on any atom is -0.465 e. The average molecular weight is 393 g/mol. The van der Waals surface area contributed by atoms with E-state index in [1.165, 1.54) is 29.9 Å². The van der Waals surface area contributed by atoms with E-state index in [1.54, 1.807) is 13.8 Å². The summed E-state index contributed by atoms with van der Waals surface area (Å²) in [6.45, 7) is 5.65. The zero-order valence-corrected chi connectivity index (χ0v) is 16.5.